The first-order valence-corrected chi connectivity index (χ1v) is 12.5. The summed E-state index contributed by atoms with van der Waals surface area (Å²) in [6.45, 7) is 6.04. The number of carboxylic acids is 1. The molecule has 2 aliphatic heterocycles. The molecule has 5 rings (SSSR count). The van der Waals surface area contributed by atoms with E-state index in [1.807, 2.05) is 25.1 Å². The maximum atomic E-state index is 12.7. The van der Waals surface area contributed by atoms with Crippen LogP contribution in [0.5, 0.6) is 0 Å². The molecule has 0 spiro atoms. The third-order valence-corrected chi connectivity index (χ3v) is 7.37. The van der Waals surface area contributed by atoms with Crippen molar-refractivity contribution in [2.24, 2.45) is 0 Å². The van der Waals surface area contributed by atoms with Gasteiger partial charge in [0.25, 0.3) is 5.91 Å². The van der Waals surface area contributed by atoms with Gasteiger partial charge in [0.2, 0.25) is 0 Å². The highest BCUT2D eigenvalue weighted by molar-refractivity contribution is 6.08. The van der Waals surface area contributed by atoms with Gasteiger partial charge in [0.15, 0.2) is 0 Å². The number of benzene rings is 2. The summed E-state index contributed by atoms with van der Waals surface area (Å²) in [4.78, 5) is 34.6. The zero-order valence-corrected chi connectivity index (χ0v) is 20.2. The number of aromatic nitrogens is 1. The number of pyridine rings is 1. The molecule has 0 aliphatic carbocycles. The van der Waals surface area contributed by atoms with E-state index in [2.05, 4.69) is 15.1 Å². The van der Waals surface area contributed by atoms with Gasteiger partial charge in [-0.3, -0.25) is 4.79 Å². The molecule has 0 bridgehead atoms. The van der Waals surface area contributed by atoms with Crippen LogP contribution in [0.3, 0.4) is 0 Å². The highest BCUT2D eigenvalue weighted by Gasteiger charge is 2.27. The van der Waals surface area contributed by atoms with Crippen molar-refractivity contribution < 1.29 is 14.7 Å². The number of carboxylic acid groups (broad SMARTS) is 1. The van der Waals surface area contributed by atoms with E-state index in [0.717, 1.165) is 31.5 Å². The number of carbonyl (C=O) groups excluding carboxylic acids is 1. The fraction of sp³-hybridized carbons (Fsp3) is 0.393. The molecule has 7 nitrogen and oxygen atoms in total. The number of aromatic carboxylic acids is 1. The van der Waals surface area contributed by atoms with Crippen molar-refractivity contribution in [3.8, 4) is 0 Å². The van der Waals surface area contributed by atoms with Gasteiger partial charge < -0.3 is 20.2 Å². The van der Waals surface area contributed by atoms with E-state index in [1.54, 1.807) is 30.3 Å². The first kappa shape index (κ1) is 23.3. The Hall–Kier alpha value is -3.45. The molecule has 2 aromatic carbocycles. The highest BCUT2D eigenvalue weighted by atomic mass is 16.4. The predicted octanol–water partition coefficient (Wildman–Crippen LogP) is 4.95. The zero-order valence-electron chi connectivity index (χ0n) is 20.2. The standard InChI is InChI=1S/C28H32N4O3/c1-19-7-3-4-8-22(19)27(33)29-20-9-10-25-23(17-20)24(28(34)35)18-26(30-25)32-15-11-21(12-16-32)31-13-5-2-6-14-31/h3-4,7-10,17-18,21H,2,5-6,11-16H2,1H3,(H,29,33)(H,34,35). The molecule has 3 aromatic rings. The molecule has 2 N–H and O–H groups in total. The minimum atomic E-state index is -0.996. The van der Waals surface area contributed by atoms with Crippen LogP contribution in [-0.4, -0.2) is 59.1 Å². The third kappa shape index (κ3) is 5.00. The maximum Gasteiger partial charge on any atom is 0.336 e. The summed E-state index contributed by atoms with van der Waals surface area (Å²) >= 11 is 0. The quantitative estimate of drug-likeness (QED) is 0.547. The number of hydrogen-bond donors (Lipinski definition) is 2. The molecule has 2 saturated heterocycles. The van der Waals surface area contributed by atoms with Crippen molar-refractivity contribution in [3.05, 3.63) is 65.2 Å². The number of piperidine rings is 2. The van der Waals surface area contributed by atoms with Crippen molar-refractivity contribution in [1.29, 1.82) is 0 Å². The summed E-state index contributed by atoms with van der Waals surface area (Å²) < 4.78 is 0. The summed E-state index contributed by atoms with van der Waals surface area (Å²) in [5.41, 5.74) is 2.84. The zero-order chi connectivity index (χ0) is 24.4. The smallest absolute Gasteiger partial charge is 0.336 e. The lowest BCUT2D eigenvalue weighted by atomic mass is 9.99. The Morgan fingerprint density at radius 2 is 1.69 bits per heavy atom. The van der Waals surface area contributed by atoms with Gasteiger partial charge in [-0.05, 0) is 81.6 Å². The molecule has 7 heteroatoms. The van der Waals surface area contributed by atoms with Gasteiger partial charge in [0, 0.05) is 35.8 Å². The molecule has 2 aliphatic rings. The lowest BCUT2D eigenvalue weighted by Gasteiger charge is -2.40. The molecule has 0 atom stereocenters. The van der Waals surface area contributed by atoms with E-state index >= 15 is 0 Å². The van der Waals surface area contributed by atoms with Gasteiger partial charge in [0.1, 0.15) is 5.82 Å². The topological polar surface area (TPSA) is 85.8 Å². The predicted molar refractivity (Wildman–Crippen MR) is 138 cm³/mol. The lowest BCUT2D eigenvalue weighted by Crippen LogP contribution is -2.47. The summed E-state index contributed by atoms with van der Waals surface area (Å²) in [7, 11) is 0. The first-order chi connectivity index (χ1) is 17.0. The Kier molecular flexibility index (Phi) is 6.68. The number of carbonyl (C=O) groups is 2. The van der Waals surface area contributed by atoms with E-state index in [9.17, 15) is 14.7 Å². The summed E-state index contributed by atoms with van der Waals surface area (Å²) in [6, 6.07) is 14.9. The van der Waals surface area contributed by atoms with Crippen LogP contribution < -0.4 is 10.2 Å². The molecular formula is C28H32N4O3. The molecule has 0 unspecified atom stereocenters. The molecule has 2 fully saturated rings. The number of fused-ring (bicyclic) bond motifs is 1. The maximum absolute atomic E-state index is 12.7. The average molecular weight is 473 g/mol. The van der Waals surface area contributed by atoms with Crippen molar-refractivity contribution in [2.75, 3.05) is 36.4 Å². The second-order valence-electron chi connectivity index (χ2n) is 9.65. The minimum Gasteiger partial charge on any atom is -0.478 e. The van der Waals surface area contributed by atoms with Gasteiger partial charge in [-0.2, -0.15) is 0 Å². The van der Waals surface area contributed by atoms with Gasteiger partial charge in [0.05, 0.1) is 11.1 Å². The summed E-state index contributed by atoms with van der Waals surface area (Å²) in [5, 5.41) is 13.4. The Bertz CT molecular complexity index is 1240. The summed E-state index contributed by atoms with van der Waals surface area (Å²) in [6.07, 6.45) is 6.08. The van der Waals surface area contributed by atoms with Crippen LogP contribution in [0.2, 0.25) is 0 Å². The van der Waals surface area contributed by atoms with Crippen molar-refractivity contribution >= 4 is 34.3 Å². The SMILES string of the molecule is Cc1ccccc1C(=O)Nc1ccc2nc(N3CCC(N4CCCCC4)CC3)cc(C(=O)O)c2c1. The Labute approximate surface area is 205 Å². The Morgan fingerprint density at radius 3 is 2.40 bits per heavy atom. The fourth-order valence-electron chi connectivity index (χ4n) is 5.40. The molecule has 0 radical (unpaired) electrons. The van der Waals surface area contributed by atoms with Gasteiger partial charge >= 0.3 is 5.97 Å². The van der Waals surface area contributed by atoms with Crippen molar-refractivity contribution in [3.63, 3.8) is 0 Å². The van der Waals surface area contributed by atoms with Crippen molar-refractivity contribution in [2.45, 2.75) is 45.1 Å². The number of hydrogen-bond acceptors (Lipinski definition) is 5. The molecule has 182 valence electrons. The van der Waals surface area contributed by atoms with Crippen molar-refractivity contribution in [1.82, 2.24) is 9.88 Å². The molecule has 0 saturated carbocycles. The van der Waals surface area contributed by atoms with Gasteiger partial charge in [-0.25, -0.2) is 9.78 Å². The molecular weight excluding hydrogens is 440 g/mol. The molecule has 3 heterocycles. The largest absolute Gasteiger partial charge is 0.478 e. The number of likely N-dealkylation sites (tertiary alicyclic amines) is 1. The van der Waals surface area contributed by atoms with Gasteiger partial charge in [-0.1, -0.05) is 24.6 Å². The van der Waals surface area contributed by atoms with E-state index in [4.69, 9.17) is 4.98 Å². The number of aryl methyl sites for hydroxylation is 1. The number of anilines is 2. The number of nitrogens with one attached hydrogen (secondary N) is 1. The third-order valence-electron chi connectivity index (χ3n) is 7.37. The second kappa shape index (κ2) is 10.0. The summed E-state index contributed by atoms with van der Waals surface area (Å²) in [5.74, 6) is -0.506. The van der Waals surface area contributed by atoms with E-state index < -0.39 is 5.97 Å². The second-order valence-corrected chi connectivity index (χ2v) is 9.65. The van der Waals surface area contributed by atoms with Crippen LogP contribution in [0.25, 0.3) is 10.9 Å². The average Bonchev–Trinajstić information content (AvgIpc) is 2.89. The Balaban J connectivity index is 1.36. The van der Waals surface area contributed by atoms with Crippen LogP contribution in [-0.2, 0) is 0 Å². The Morgan fingerprint density at radius 1 is 0.943 bits per heavy atom. The van der Waals surface area contributed by atoms with Crippen LogP contribution >= 0.6 is 0 Å². The lowest BCUT2D eigenvalue weighted by molar-refractivity contribution is 0.0698. The van der Waals surface area contributed by atoms with E-state index in [0.29, 0.717) is 34.0 Å². The van der Waals surface area contributed by atoms with Gasteiger partial charge in [-0.15, -0.1) is 0 Å². The van der Waals surface area contributed by atoms with Crippen LogP contribution in [0.4, 0.5) is 11.5 Å². The molecule has 1 aromatic heterocycles. The number of nitrogens with zero attached hydrogens (tertiary/aromatic N) is 3. The van der Waals surface area contributed by atoms with Crippen LogP contribution in [0.1, 0.15) is 58.4 Å². The highest BCUT2D eigenvalue weighted by Crippen LogP contribution is 2.29. The molecule has 1 amide bonds. The van der Waals surface area contributed by atoms with E-state index in [1.165, 1.54) is 32.4 Å². The van der Waals surface area contributed by atoms with E-state index in [-0.39, 0.29) is 11.5 Å². The molecule has 35 heavy (non-hydrogen) atoms. The number of amides is 1. The monoisotopic (exact) mass is 472 g/mol. The van der Waals surface area contributed by atoms with Crippen LogP contribution in [0.15, 0.2) is 48.5 Å². The number of rotatable bonds is 5. The van der Waals surface area contributed by atoms with Crippen LogP contribution in [0, 0.1) is 6.92 Å². The fourth-order valence-corrected chi connectivity index (χ4v) is 5.40. The first-order valence-electron chi connectivity index (χ1n) is 12.5. The normalized spacial score (nSPS) is 17.5. The minimum absolute atomic E-state index is 0.204.